The van der Waals surface area contributed by atoms with E-state index in [1.54, 1.807) is 0 Å². The van der Waals surface area contributed by atoms with E-state index in [1.807, 2.05) is 28.8 Å². The number of rotatable bonds is 8. The van der Waals surface area contributed by atoms with Crippen molar-refractivity contribution in [2.45, 2.75) is 25.9 Å². The number of aliphatic imine (C=N–C) groups is 1. The Labute approximate surface area is 202 Å². The lowest BCUT2D eigenvalue weighted by molar-refractivity contribution is 0.340. The molecule has 34 heavy (non-hydrogen) atoms. The van der Waals surface area contributed by atoms with E-state index in [-0.39, 0.29) is 6.54 Å². The number of aromatic nitrogens is 2. The van der Waals surface area contributed by atoms with Gasteiger partial charge in [0.15, 0.2) is 0 Å². The van der Waals surface area contributed by atoms with Crippen LogP contribution in [0.4, 0.5) is 14.6 Å². The van der Waals surface area contributed by atoms with Gasteiger partial charge in [-0.25, -0.2) is 18.8 Å². The first-order chi connectivity index (χ1) is 16.4. The summed E-state index contributed by atoms with van der Waals surface area (Å²) in [5, 5.41) is 6.94. The number of nitrogens with one attached hydrogen (secondary N) is 2. The van der Waals surface area contributed by atoms with E-state index < -0.39 is 11.6 Å². The van der Waals surface area contributed by atoms with Crippen molar-refractivity contribution in [3.05, 3.63) is 82.8 Å². The normalized spacial score (nSPS) is 16.1. The Hall–Kier alpha value is -3.23. The van der Waals surface area contributed by atoms with Crippen LogP contribution < -0.4 is 16.4 Å². The largest absolute Gasteiger partial charge is 0.383 e. The van der Waals surface area contributed by atoms with Crippen LogP contribution >= 0.6 is 11.6 Å². The van der Waals surface area contributed by atoms with Crippen molar-refractivity contribution >= 4 is 23.6 Å². The van der Waals surface area contributed by atoms with Crippen LogP contribution in [-0.2, 0) is 13.1 Å². The molecule has 0 unspecified atom stereocenters. The summed E-state index contributed by atoms with van der Waals surface area (Å²) < 4.78 is 28.9. The molecule has 3 aromatic rings. The van der Waals surface area contributed by atoms with E-state index in [2.05, 4.69) is 22.2 Å². The van der Waals surface area contributed by atoms with Gasteiger partial charge in [-0.05, 0) is 50.0 Å². The second-order valence-electron chi connectivity index (χ2n) is 8.30. The van der Waals surface area contributed by atoms with E-state index in [0.717, 1.165) is 37.6 Å². The fraction of sp³-hybridized carbons (Fsp3) is 0.280. The van der Waals surface area contributed by atoms with Crippen LogP contribution in [0, 0.1) is 17.6 Å². The molecular formula is C25H27ClF2N6. The summed E-state index contributed by atoms with van der Waals surface area (Å²) in [7, 11) is 0. The molecule has 178 valence electrons. The maximum absolute atomic E-state index is 13.8. The Bertz CT molecular complexity index is 1200. The van der Waals surface area contributed by atoms with Gasteiger partial charge in [0.25, 0.3) is 0 Å². The minimum absolute atomic E-state index is 0.117. The molecule has 9 heteroatoms. The number of piperidine rings is 1. The molecule has 1 atom stereocenters. The molecule has 1 aliphatic heterocycles. The lowest BCUT2D eigenvalue weighted by atomic mass is 9.99. The highest BCUT2D eigenvalue weighted by Gasteiger charge is 2.21. The lowest BCUT2D eigenvalue weighted by Gasteiger charge is -2.24. The van der Waals surface area contributed by atoms with Gasteiger partial charge in [0.1, 0.15) is 34.8 Å². The molecule has 0 aliphatic carbocycles. The zero-order valence-corrected chi connectivity index (χ0v) is 19.5. The third-order valence-electron chi connectivity index (χ3n) is 5.83. The number of nitrogen functional groups attached to an aromatic ring is 1. The first kappa shape index (κ1) is 23.9. The molecule has 6 nitrogen and oxygen atoms in total. The number of halogens is 3. The van der Waals surface area contributed by atoms with Crippen molar-refractivity contribution in [2.24, 2.45) is 10.9 Å². The van der Waals surface area contributed by atoms with Crippen molar-refractivity contribution in [1.82, 2.24) is 20.2 Å². The molecule has 0 saturated carbocycles. The zero-order valence-electron chi connectivity index (χ0n) is 18.7. The first-order valence-corrected chi connectivity index (χ1v) is 11.5. The lowest BCUT2D eigenvalue weighted by Crippen LogP contribution is -2.32. The smallest absolute Gasteiger partial charge is 0.143 e. The van der Waals surface area contributed by atoms with Crippen molar-refractivity contribution < 1.29 is 8.78 Å². The molecule has 2 heterocycles. The maximum atomic E-state index is 13.8. The number of hydrogen-bond acceptors (Lipinski definition) is 5. The van der Waals surface area contributed by atoms with Crippen LogP contribution in [0.2, 0.25) is 5.02 Å². The molecule has 4 rings (SSSR count). The summed E-state index contributed by atoms with van der Waals surface area (Å²) in [6, 6.07) is 10.9. The number of nitrogens with two attached hydrogens (primary N) is 1. The van der Waals surface area contributed by atoms with E-state index >= 15 is 0 Å². The monoisotopic (exact) mass is 484 g/mol. The third-order valence-corrected chi connectivity index (χ3v) is 6.16. The SMILES string of the molecule is C=C(/N=C\c1nc(-c2ccccc2Cl)n(C[C@@H]2CCCNC2)c1N)NCc1ccc(F)cc1F. The van der Waals surface area contributed by atoms with E-state index in [9.17, 15) is 8.78 Å². The van der Waals surface area contributed by atoms with Gasteiger partial charge < -0.3 is 20.9 Å². The van der Waals surface area contributed by atoms with Crippen LogP contribution in [0.3, 0.4) is 0 Å². The van der Waals surface area contributed by atoms with E-state index in [4.69, 9.17) is 22.3 Å². The van der Waals surface area contributed by atoms with Crippen molar-refractivity contribution in [3.63, 3.8) is 0 Å². The molecule has 1 aliphatic rings. The van der Waals surface area contributed by atoms with Crippen LogP contribution in [0.15, 0.2) is 59.9 Å². The highest BCUT2D eigenvalue weighted by atomic mass is 35.5. The fourth-order valence-corrected chi connectivity index (χ4v) is 4.22. The van der Waals surface area contributed by atoms with Crippen molar-refractivity contribution in [3.8, 4) is 11.4 Å². The molecule has 1 saturated heterocycles. The summed E-state index contributed by atoms with van der Waals surface area (Å²) in [6.45, 7) is 6.63. The summed E-state index contributed by atoms with van der Waals surface area (Å²) in [6.07, 6.45) is 3.76. The Morgan fingerprint density at radius 3 is 2.88 bits per heavy atom. The van der Waals surface area contributed by atoms with Crippen LogP contribution in [-0.4, -0.2) is 28.9 Å². The molecule has 1 aromatic heterocycles. The molecular weight excluding hydrogens is 458 g/mol. The summed E-state index contributed by atoms with van der Waals surface area (Å²) in [5.41, 5.74) is 8.10. The first-order valence-electron chi connectivity index (χ1n) is 11.1. The number of nitrogens with zero attached hydrogens (tertiary/aromatic N) is 3. The predicted molar refractivity (Wildman–Crippen MR) is 133 cm³/mol. The molecule has 0 spiro atoms. The quantitative estimate of drug-likeness (QED) is 0.403. The molecule has 4 N–H and O–H groups in total. The average molecular weight is 485 g/mol. The Morgan fingerprint density at radius 1 is 1.32 bits per heavy atom. The van der Waals surface area contributed by atoms with E-state index in [0.29, 0.717) is 46.2 Å². The van der Waals surface area contributed by atoms with Gasteiger partial charge in [-0.2, -0.15) is 0 Å². The number of benzene rings is 2. The van der Waals surface area contributed by atoms with Gasteiger partial charge >= 0.3 is 0 Å². The minimum Gasteiger partial charge on any atom is -0.383 e. The van der Waals surface area contributed by atoms with Gasteiger partial charge in [-0.3, -0.25) is 0 Å². The highest BCUT2D eigenvalue weighted by Crippen LogP contribution is 2.31. The fourth-order valence-electron chi connectivity index (χ4n) is 4.00. The minimum atomic E-state index is -0.631. The molecule has 0 radical (unpaired) electrons. The van der Waals surface area contributed by atoms with Gasteiger partial charge in [0, 0.05) is 30.3 Å². The number of hydrogen-bond donors (Lipinski definition) is 3. The standard InChI is InChI=1S/C25H27ClF2N6/c1-16(31-13-18-8-9-19(27)11-22(18)28)32-14-23-24(29)34(15-17-5-4-10-30-12-17)25(33-23)20-6-2-3-7-21(20)26/h2-3,6-9,11,14,17,30-31H,1,4-5,10,12-13,15,29H2/b32-14-/t17-/m1/s1. The molecule has 0 bridgehead atoms. The second-order valence-corrected chi connectivity index (χ2v) is 8.71. The van der Waals surface area contributed by atoms with Gasteiger partial charge in [0.2, 0.25) is 0 Å². The van der Waals surface area contributed by atoms with Gasteiger partial charge in [-0.1, -0.05) is 36.4 Å². The third kappa shape index (κ3) is 5.63. The van der Waals surface area contributed by atoms with Crippen LogP contribution in [0.1, 0.15) is 24.1 Å². The Morgan fingerprint density at radius 2 is 2.15 bits per heavy atom. The van der Waals surface area contributed by atoms with Crippen molar-refractivity contribution in [1.29, 1.82) is 0 Å². The van der Waals surface area contributed by atoms with Gasteiger partial charge in [0.05, 0.1) is 11.2 Å². The molecule has 2 aromatic carbocycles. The summed E-state index contributed by atoms with van der Waals surface area (Å²) >= 11 is 6.47. The number of imidazole rings is 1. The molecule has 1 fully saturated rings. The predicted octanol–water partition coefficient (Wildman–Crippen LogP) is 4.74. The van der Waals surface area contributed by atoms with E-state index in [1.165, 1.54) is 18.3 Å². The maximum Gasteiger partial charge on any atom is 0.143 e. The Balaban J connectivity index is 1.54. The topological polar surface area (TPSA) is 80.3 Å². The van der Waals surface area contributed by atoms with Gasteiger partial charge in [-0.15, -0.1) is 0 Å². The second kappa shape index (κ2) is 10.8. The highest BCUT2D eigenvalue weighted by molar-refractivity contribution is 6.33. The average Bonchev–Trinajstić information content (AvgIpc) is 3.13. The number of anilines is 1. The Kier molecular flexibility index (Phi) is 7.59. The van der Waals surface area contributed by atoms with Crippen molar-refractivity contribution in [2.75, 3.05) is 18.8 Å². The zero-order chi connectivity index (χ0) is 24.1. The van der Waals surface area contributed by atoms with Crippen LogP contribution in [0.5, 0.6) is 0 Å². The summed E-state index contributed by atoms with van der Waals surface area (Å²) in [5.74, 6) is 0.645. The molecule has 0 amide bonds. The summed E-state index contributed by atoms with van der Waals surface area (Å²) in [4.78, 5) is 9.04. The van der Waals surface area contributed by atoms with Crippen LogP contribution in [0.25, 0.3) is 11.4 Å².